The van der Waals surface area contributed by atoms with Gasteiger partial charge in [-0.15, -0.1) is 0 Å². The molecule has 39 heavy (non-hydrogen) atoms. The van der Waals surface area contributed by atoms with E-state index < -0.39 is 5.97 Å². The number of carbonyl (C=O) groups is 3. The lowest BCUT2D eigenvalue weighted by Crippen LogP contribution is -2.26. The molecule has 5 rings (SSSR count). The summed E-state index contributed by atoms with van der Waals surface area (Å²) in [4.78, 5) is 45.1. The summed E-state index contributed by atoms with van der Waals surface area (Å²) in [6.07, 6.45) is 1.48. The maximum atomic E-state index is 13.7. The van der Waals surface area contributed by atoms with Crippen LogP contribution >= 0.6 is 23.2 Å². The Kier molecular flexibility index (Phi) is 6.92. The highest BCUT2D eigenvalue weighted by atomic mass is 35.5. The van der Waals surface area contributed by atoms with E-state index in [1.807, 2.05) is 23.6 Å². The second-order valence-electron chi connectivity index (χ2n) is 9.31. The predicted molar refractivity (Wildman–Crippen MR) is 151 cm³/mol. The number of esters is 1. The van der Waals surface area contributed by atoms with Crippen LogP contribution in [0, 0.1) is 6.92 Å². The topological polar surface area (TPSA) is 86.4 Å². The minimum absolute atomic E-state index is 0.210. The van der Waals surface area contributed by atoms with Gasteiger partial charge in [0.1, 0.15) is 5.82 Å². The molecule has 0 unspecified atom stereocenters. The summed E-state index contributed by atoms with van der Waals surface area (Å²) >= 11 is 12.4. The average Bonchev–Trinajstić information content (AvgIpc) is 3.45. The van der Waals surface area contributed by atoms with Gasteiger partial charge in [0.25, 0.3) is 0 Å². The van der Waals surface area contributed by atoms with Crippen LogP contribution in [0.15, 0.2) is 60.8 Å². The molecular formula is C29H24Cl2N4O4. The zero-order valence-electron chi connectivity index (χ0n) is 21.7. The molecule has 0 bridgehead atoms. The monoisotopic (exact) mass is 562 g/mol. The molecule has 3 aromatic carbocycles. The number of ketones is 1. The van der Waals surface area contributed by atoms with Gasteiger partial charge in [-0.3, -0.25) is 9.36 Å². The van der Waals surface area contributed by atoms with Crippen LogP contribution in [-0.2, 0) is 11.3 Å². The first-order chi connectivity index (χ1) is 18.6. The summed E-state index contributed by atoms with van der Waals surface area (Å²) < 4.78 is 8.34. The van der Waals surface area contributed by atoms with E-state index in [1.54, 1.807) is 56.6 Å². The van der Waals surface area contributed by atoms with Gasteiger partial charge in [0.15, 0.2) is 5.78 Å². The van der Waals surface area contributed by atoms with Crippen LogP contribution in [0.3, 0.4) is 0 Å². The van der Waals surface area contributed by atoms with Crippen LogP contribution in [0.1, 0.15) is 37.7 Å². The number of ether oxygens (including phenoxy) is 1. The second kappa shape index (κ2) is 10.2. The SMILES string of the molecule is COC(=O)c1cccc2c1c(C(=O)c1ccc(Cn3c(C)nc4cc(Cl)c(Cl)cc43)cc1)cn2C(=O)N(C)C. The molecule has 5 aromatic rings. The van der Waals surface area contributed by atoms with E-state index in [0.717, 1.165) is 22.4 Å². The number of amides is 1. The number of carbonyl (C=O) groups excluding carboxylic acids is 3. The van der Waals surface area contributed by atoms with Gasteiger partial charge in [0, 0.05) is 43.4 Å². The van der Waals surface area contributed by atoms with E-state index >= 15 is 0 Å². The highest BCUT2D eigenvalue weighted by Crippen LogP contribution is 2.30. The number of methoxy groups -OCH3 is 1. The standard InChI is InChI=1S/C29H24Cl2N4O4/c1-16-32-23-12-21(30)22(31)13-25(23)34(16)14-17-8-10-18(11-9-17)27(36)20-15-35(29(38)33(2)3)24-7-5-6-19(26(20)24)28(37)39-4/h5-13,15H,14H2,1-4H3. The van der Waals surface area contributed by atoms with Crippen LogP contribution < -0.4 is 0 Å². The molecule has 0 N–H and O–H groups in total. The summed E-state index contributed by atoms with van der Waals surface area (Å²) in [6, 6.07) is 15.3. The van der Waals surface area contributed by atoms with Gasteiger partial charge in [0.2, 0.25) is 0 Å². The third-order valence-corrected chi connectivity index (χ3v) is 7.33. The minimum Gasteiger partial charge on any atom is -0.465 e. The summed E-state index contributed by atoms with van der Waals surface area (Å²) in [5.41, 5.74) is 3.85. The quantitative estimate of drug-likeness (QED) is 0.188. The summed E-state index contributed by atoms with van der Waals surface area (Å²) in [7, 11) is 4.51. The molecular weight excluding hydrogens is 539 g/mol. The number of fused-ring (bicyclic) bond motifs is 2. The fourth-order valence-electron chi connectivity index (χ4n) is 4.65. The number of aromatic nitrogens is 3. The molecule has 0 fully saturated rings. The zero-order valence-corrected chi connectivity index (χ0v) is 23.2. The van der Waals surface area contributed by atoms with Crippen molar-refractivity contribution < 1.29 is 19.1 Å². The molecule has 2 aromatic heterocycles. The number of nitrogens with zero attached hydrogens (tertiary/aromatic N) is 4. The number of hydrogen-bond donors (Lipinski definition) is 0. The molecule has 0 spiro atoms. The summed E-state index contributed by atoms with van der Waals surface area (Å²) in [5, 5.41) is 1.26. The molecule has 198 valence electrons. The fraction of sp³-hybridized carbons (Fsp3) is 0.172. The lowest BCUT2D eigenvalue weighted by atomic mass is 9.98. The van der Waals surface area contributed by atoms with E-state index in [9.17, 15) is 14.4 Å². The Morgan fingerprint density at radius 2 is 1.64 bits per heavy atom. The molecule has 0 saturated carbocycles. The van der Waals surface area contributed by atoms with Crippen LogP contribution in [0.25, 0.3) is 21.9 Å². The first kappa shape index (κ1) is 26.5. The number of aryl methyl sites for hydroxylation is 1. The second-order valence-corrected chi connectivity index (χ2v) is 10.1. The molecule has 10 heteroatoms. The summed E-state index contributed by atoms with van der Waals surface area (Å²) in [6.45, 7) is 2.42. The lowest BCUT2D eigenvalue weighted by Gasteiger charge is -2.11. The highest BCUT2D eigenvalue weighted by Gasteiger charge is 2.25. The molecule has 0 atom stereocenters. The molecule has 0 aliphatic heterocycles. The summed E-state index contributed by atoms with van der Waals surface area (Å²) in [5.74, 6) is -0.111. The smallest absolute Gasteiger partial charge is 0.338 e. The Morgan fingerprint density at radius 1 is 0.949 bits per heavy atom. The van der Waals surface area contributed by atoms with Crippen molar-refractivity contribution in [2.45, 2.75) is 13.5 Å². The molecule has 0 aliphatic carbocycles. The molecule has 0 radical (unpaired) electrons. The number of hydrogen-bond acceptors (Lipinski definition) is 5. The van der Waals surface area contributed by atoms with Crippen LogP contribution in [-0.4, -0.2) is 58.0 Å². The Morgan fingerprint density at radius 3 is 2.31 bits per heavy atom. The van der Waals surface area contributed by atoms with Crippen LogP contribution in [0.2, 0.25) is 10.0 Å². The van der Waals surface area contributed by atoms with Gasteiger partial charge >= 0.3 is 12.0 Å². The number of rotatable bonds is 5. The Labute approximate surface area is 234 Å². The van der Waals surface area contributed by atoms with Gasteiger partial charge in [0.05, 0.1) is 39.3 Å². The molecule has 1 amide bonds. The van der Waals surface area contributed by atoms with Crippen LogP contribution in [0.4, 0.5) is 4.79 Å². The Balaban J connectivity index is 1.53. The molecule has 2 heterocycles. The minimum atomic E-state index is -0.593. The van der Waals surface area contributed by atoms with E-state index in [0.29, 0.717) is 33.1 Å². The lowest BCUT2D eigenvalue weighted by molar-refractivity contribution is 0.0603. The van der Waals surface area contributed by atoms with Crippen molar-refractivity contribution >= 4 is 62.9 Å². The maximum absolute atomic E-state index is 13.7. The molecule has 8 nitrogen and oxygen atoms in total. The largest absolute Gasteiger partial charge is 0.465 e. The maximum Gasteiger partial charge on any atom is 0.338 e. The van der Waals surface area contributed by atoms with Gasteiger partial charge in [-0.1, -0.05) is 53.5 Å². The van der Waals surface area contributed by atoms with Crippen molar-refractivity contribution in [2.24, 2.45) is 0 Å². The Bertz CT molecular complexity index is 1790. The van der Waals surface area contributed by atoms with Crippen molar-refractivity contribution in [3.8, 4) is 0 Å². The average molecular weight is 563 g/mol. The van der Waals surface area contributed by atoms with E-state index in [1.165, 1.54) is 22.8 Å². The van der Waals surface area contributed by atoms with Crippen molar-refractivity contribution in [1.82, 2.24) is 19.0 Å². The molecule has 0 aliphatic rings. The van der Waals surface area contributed by atoms with Gasteiger partial charge in [-0.2, -0.15) is 0 Å². The van der Waals surface area contributed by atoms with Crippen molar-refractivity contribution in [1.29, 1.82) is 0 Å². The highest BCUT2D eigenvalue weighted by molar-refractivity contribution is 6.42. The first-order valence-corrected chi connectivity index (χ1v) is 12.8. The van der Waals surface area contributed by atoms with Gasteiger partial charge in [-0.25, -0.2) is 14.6 Å². The third-order valence-electron chi connectivity index (χ3n) is 6.61. The number of benzene rings is 3. The third kappa shape index (κ3) is 4.66. The van der Waals surface area contributed by atoms with Crippen molar-refractivity contribution in [3.63, 3.8) is 0 Å². The van der Waals surface area contributed by atoms with Crippen molar-refractivity contribution in [3.05, 3.63) is 98.9 Å². The van der Waals surface area contributed by atoms with Crippen molar-refractivity contribution in [2.75, 3.05) is 21.2 Å². The number of halogens is 2. The van der Waals surface area contributed by atoms with Crippen LogP contribution in [0.5, 0.6) is 0 Å². The van der Waals surface area contributed by atoms with E-state index in [-0.39, 0.29) is 22.9 Å². The zero-order chi connectivity index (χ0) is 28.0. The van der Waals surface area contributed by atoms with E-state index in [2.05, 4.69) is 4.98 Å². The van der Waals surface area contributed by atoms with Gasteiger partial charge in [-0.05, 0) is 36.8 Å². The van der Waals surface area contributed by atoms with E-state index in [4.69, 9.17) is 27.9 Å². The van der Waals surface area contributed by atoms with Gasteiger partial charge < -0.3 is 14.2 Å². The fourth-order valence-corrected chi connectivity index (χ4v) is 4.97. The Hall–Kier alpha value is -4.14. The normalized spacial score (nSPS) is 11.2. The predicted octanol–water partition coefficient (Wildman–Crippen LogP) is 6.20. The number of imidazole rings is 1. The first-order valence-electron chi connectivity index (χ1n) is 12.0. The molecule has 0 saturated heterocycles.